The summed E-state index contributed by atoms with van der Waals surface area (Å²) in [5.74, 6) is 6.11. The average molecular weight is 277 g/mol. The van der Waals surface area contributed by atoms with Gasteiger partial charge in [-0.15, -0.1) is 0 Å². The summed E-state index contributed by atoms with van der Waals surface area (Å²) in [6.07, 6.45) is 3.24. The van der Waals surface area contributed by atoms with Gasteiger partial charge in [0.2, 0.25) is 0 Å². The maximum atomic E-state index is 5.87. The van der Waals surface area contributed by atoms with Crippen molar-refractivity contribution in [3.8, 4) is 0 Å². The Balaban J connectivity index is 1.75. The summed E-state index contributed by atoms with van der Waals surface area (Å²) in [6.45, 7) is 0.671. The molecule has 2 heterocycles. The lowest BCUT2D eigenvalue weighted by Gasteiger charge is -2.26. The smallest absolute Gasteiger partial charge is 0.154 e. The first-order chi connectivity index (χ1) is 9.28. The van der Waals surface area contributed by atoms with E-state index in [0.717, 1.165) is 10.6 Å². The van der Waals surface area contributed by atoms with Crippen molar-refractivity contribution in [1.82, 2.24) is 10.4 Å². The van der Waals surface area contributed by atoms with E-state index in [0.29, 0.717) is 12.4 Å². The molecule has 6 nitrogen and oxygen atoms in total. The van der Waals surface area contributed by atoms with Crippen LogP contribution in [0.15, 0.2) is 39.4 Å². The van der Waals surface area contributed by atoms with Crippen molar-refractivity contribution in [1.29, 1.82) is 0 Å². The predicted molar refractivity (Wildman–Crippen MR) is 76.0 cm³/mol. The van der Waals surface area contributed by atoms with Gasteiger partial charge in [0.25, 0.3) is 0 Å². The van der Waals surface area contributed by atoms with Crippen molar-refractivity contribution in [3.63, 3.8) is 0 Å². The molecule has 0 aromatic heterocycles. The minimum atomic E-state index is -0.0840. The Morgan fingerprint density at radius 3 is 2.84 bits per heavy atom. The fraction of sp³-hybridized carbons (Fsp3) is 0.250. The molecule has 2 aliphatic heterocycles. The zero-order chi connectivity index (χ0) is 13.2. The molecule has 7 heteroatoms. The SMILES string of the molecule is NNC1=NC=N[C@@H]2[C@H]1C=NN2Cc1ccc(Cl)cc1. The maximum absolute atomic E-state index is 5.87. The van der Waals surface area contributed by atoms with Gasteiger partial charge >= 0.3 is 0 Å². The van der Waals surface area contributed by atoms with Crippen LogP contribution in [0, 0.1) is 5.92 Å². The van der Waals surface area contributed by atoms with Gasteiger partial charge in [-0.05, 0) is 17.7 Å². The van der Waals surface area contributed by atoms with Crippen molar-refractivity contribution in [2.75, 3.05) is 0 Å². The standard InChI is InChI=1S/C12H13ClN6/c13-9-3-1-8(2-4-9)6-19-12-10(5-17-19)11(18-14)15-7-16-12/h1-5,7,10,12H,6,14H2,(H,15,16,18)/t10-,12-/m0/s1. The Bertz CT molecular complexity index is 550. The summed E-state index contributed by atoms with van der Waals surface area (Å²) in [7, 11) is 0. The number of nitrogens with zero attached hydrogens (tertiary/aromatic N) is 4. The summed E-state index contributed by atoms with van der Waals surface area (Å²) in [5, 5.41) is 7.02. The van der Waals surface area contributed by atoms with E-state index in [1.165, 1.54) is 6.34 Å². The number of amidine groups is 1. The third-order valence-corrected chi connectivity index (χ3v) is 3.39. The highest BCUT2D eigenvalue weighted by Crippen LogP contribution is 2.24. The van der Waals surface area contributed by atoms with Crippen molar-refractivity contribution >= 4 is 30.0 Å². The number of fused-ring (bicyclic) bond motifs is 1. The van der Waals surface area contributed by atoms with Crippen LogP contribution < -0.4 is 11.3 Å². The van der Waals surface area contributed by atoms with E-state index in [4.69, 9.17) is 17.4 Å². The molecule has 2 aliphatic rings. The molecule has 1 aromatic carbocycles. The second kappa shape index (κ2) is 4.99. The van der Waals surface area contributed by atoms with E-state index in [-0.39, 0.29) is 12.1 Å². The molecule has 2 atom stereocenters. The molecule has 0 unspecified atom stereocenters. The van der Waals surface area contributed by atoms with Crippen LogP contribution in [0.3, 0.4) is 0 Å². The third-order valence-electron chi connectivity index (χ3n) is 3.14. The predicted octanol–water partition coefficient (Wildman–Crippen LogP) is 0.987. The number of hydrogen-bond donors (Lipinski definition) is 2. The molecule has 0 aliphatic carbocycles. The fourth-order valence-corrected chi connectivity index (χ4v) is 2.29. The van der Waals surface area contributed by atoms with E-state index < -0.39 is 0 Å². The Labute approximate surface area is 115 Å². The quantitative estimate of drug-likeness (QED) is 0.624. The van der Waals surface area contributed by atoms with Crippen molar-refractivity contribution in [2.24, 2.45) is 26.8 Å². The first kappa shape index (κ1) is 12.1. The lowest BCUT2D eigenvalue weighted by molar-refractivity contribution is 0.213. The second-order valence-corrected chi connectivity index (χ2v) is 4.79. The maximum Gasteiger partial charge on any atom is 0.154 e. The molecule has 0 radical (unpaired) electrons. The molecular formula is C12H13ClN6. The number of hydrogen-bond acceptors (Lipinski definition) is 6. The van der Waals surface area contributed by atoms with Crippen LogP contribution in [-0.2, 0) is 6.54 Å². The first-order valence-corrected chi connectivity index (χ1v) is 6.27. The fourth-order valence-electron chi connectivity index (χ4n) is 2.16. The highest BCUT2D eigenvalue weighted by atomic mass is 35.5. The van der Waals surface area contributed by atoms with Gasteiger partial charge in [-0.3, -0.25) is 5.01 Å². The largest absolute Gasteiger partial charge is 0.311 e. The number of nitrogens with one attached hydrogen (secondary N) is 1. The number of hydrazine groups is 1. The van der Waals surface area contributed by atoms with E-state index in [2.05, 4.69) is 20.5 Å². The highest BCUT2D eigenvalue weighted by molar-refractivity contribution is 6.30. The minimum absolute atomic E-state index is 0.0118. The molecule has 98 valence electrons. The molecule has 0 fully saturated rings. The van der Waals surface area contributed by atoms with Crippen LogP contribution in [0.1, 0.15) is 5.56 Å². The van der Waals surface area contributed by atoms with Crippen LogP contribution in [0.5, 0.6) is 0 Å². The second-order valence-electron chi connectivity index (χ2n) is 4.35. The van der Waals surface area contributed by atoms with Crippen molar-refractivity contribution in [3.05, 3.63) is 34.9 Å². The monoisotopic (exact) mass is 276 g/mol. The summed E-state index contributed by atoms with van der Waals surface area (Å²) in [4.78, 5) is 8.45. The highest BCUT2D eigenvalue weighted by Gasteiger charge is 2.35. The molecular weight excluding hydrogens is 264 g/mol. The lowest BCUT2D eigenvalue weighted by atomic mass is 10.1. The summed E-state index contributed by atoms with van der Waals surface area (Å²) in [5.41, 5.74) is 3.72. The molecule has 0 saturated heterocycles. The molecule has 0 amide bonds. The minimum Gasteiger partial charge on any atom is -0.311 e. The summed E-state index contributed by atoms with van der Waals surface area (Å²) < 4.78 is 0. The molecule has 19 heavy (non-hydrogen) atoms. The van der Waals surface area contributed by atoms with Crippen LogP contribution in [0.25, 0.3) is 0 Å². The number of halogens is 1. The van der Waals surface area contributed by atoms with Gasteiger partial charge in [-0.2, -0.15) is 5.10 Å². The van der Waals surface area contributed by atoms with E-state index in [1.54, 1.807) is 0 Å². The number of aliphatic imine (C=N–C) groups is 2. The first-order valence-electron chi connectivity index (χ1n) is 5.89. The van der Waals surface area contributed by atoms with Crippen molar-refractivity contribution < 1.29 is 0 Å². The Hall–Kier alpha value is -1.92. The van der Waals surface area contributed by atoms with Gasteiger partial charge < -0.3 is 5.43 Å². The number of rotatable bonds is 2. The molecule has 3 N–H and O–H groups in total. The molecule has 0 bridgehead atoms. The van der Waals surface area contributed by atoms with E-state index in [9.17, 15) is 0 Å². The van der Waals surface area contributed by atoms with Gasteiger partial charge in [-0.25, -0.2) is 15.8 Å². The Morgan fingerprint density at radius 1 is 1.32 bits per heavy atom. The van der Waals surface area contributed by atoms with Crippen LogP contribution in [0.4, 0.5) is 0 Å². The van der Waals surface area contributed by atoms with Crippen LogP contribution in [0.2, 0.25) is 5.02 Å². The lowest BCUT2D eigenvalue weighted by Crippen LogP contribution is -2.45. The molecule has 0 spiro atoms. The van der Waals surface area contributed by atoms with Gasteiger partial charge in [0.15, 0.2) is 6.17 Å². The molecule has 1 aromatic rings. The number of hydrazone groups is 1. The normalized spacial score (nSPS) is 24.3. The summed E-state index contributed by atoms with van der Waals surface area (Å²) in [6, 6.07) is 7.70. The van der Waals surface area contributed by atoms with Gasteiger partial charge in [0.05, 0.1) is 12.5 Å². The number of benzene rings is 1. The van der Waals surface area contributed by atoms with E-state index in [1.807, 2.05) is 35.5 Å². The van der Waals surface area contributed by atoms with E-state index >= 15 is 0 Å². The topological polar surface area (TPSA) is 78.4 Å². The Kier molecular flexibility index (Phi) is 3.18. The number of nitrogens with two attached hydrogens (primary N) is 1. The molecule has 3 rings (SSSR count). The zero-order valence-corrected chi connectivity index (χ0v) is 10.8. The average Bonchev–Trinajstić information content (AvgIpc) is 2.84. The van der Waals surface area contributed by atoms with Crippen LogP contribution in [-0.4, -0.2) is 29.6 Å². The summed E-state index contributed by atoms with van der Waals surface area (Å²) >= 11 is 5.87. The van der Waals surface area contributed by atoms with Gasteiger partial charge in [0.1, 0.15) is 12.2 Å². The van der Waals surface area contributed by atoms with Gasteiger partial charge in [-0.1, -0.05) is 23.7 Å². The Morgan fingerprint density at radius 2 is 2.11 bits per heavy atom. The zero-order valence-electron chi connectivity index (χ0n) is 10.1. The van der Waals surface area contributed by atoms with Crippen LogP contribution >= 0.6 is 11.6 Å². The van der Waals surface area contributed by atoms with Gasteiger partial charge in [0, 0.05) is 11.2 Å². The third kappa shape index (κ3) is 2.32. The molecule has 0 saturated carbocycles. The van der Waals surface area contributed by atoms with Crippen molar-refractivity contribution in [2.45, 2.75) is 12.7 Å².